The van der Waals surface area contributed by atoms with Gasteiger partial charge in [-0.05, 0) is 25.0 Å². The zero-order valence-corrected chi connectivity index (χ0v) is 13.8. The van der Waals surface area contributed by atoms with Crippen LogP contribution in [0.15, 0.2) is 41.9 Å². The number of amides is 2. The van der Waals surface area contributed by atoms with Crippen molar-refractivity contribution in [3.05, 3.63) is 48.3 Å². The van der Waals surface area contributed by atoms with Crippen LogP contribution in [0, 0.1) is 0 Å². The highest BCUT2D eigenvalue weighted by atomic mass is 16.2. The van der Waals surface area contributed by atoms with Gasteiger partial charge in [0, 0.05) is 26.3 Å². The van der Waals surface area contributed by atoms with E-state index < -0.39 is 5.54 Å². The van der Waals surface area contributed by atoms with Gasteiger partial charge in [-0.25, -0.2) is 9.98 Å². The van der Waals surface area contributed by atoms with Gasteiger partial charge in [0.15, 0.2) is 5.84 Å². The summed E-state index contributed by atoms with van der Waals surface area (Å²) in [7, 11) is 1.79. The molecule has 2 aliphatic heterocycles. The average Bonchev–Trinajstić information content (AvgIpc) is 3.20. The summed E-state index contributed by atoms with van der Waals surface area (Å²) in [4.78, 5) is 39.7. The van der Waals surface area contributed by atoms with Crippen molar-refractivity contribution in [1.29, 1.82) is 0 Å². The van der Waals surface area contributed by atoms with Gasteiger partial charge in [-0.15, -0.1) is 0 Å². The largest absolute Gasteiger partial charge is 0.337 e. The molecule has 4 rings (SSSR count). The van der Waals surface area contributed by atoms with Crippen LogP contribution < -0.4 is 5.32 Å². The standard InChI is InChI=1S/C17H18N6O2/c1-22-11-18-10-13(22)15(24)23-8-5-17(6-9-23)16(25)20-14(21-17)12-4-2-3-7-19-12/h2-4,7,10-11H,5-6,8-9H2,1H3,(H,20,21,25). The fourth-order valence-electron chi connectivity index (χ4n) is 3.28. The van der Waals surface area contributed by atoms with E-state index in [0.717, 1.165) is 0 Å². The molecule has 0 unspecified atom stereocenters. The lowest BCUT2D eigenvalue weighted by Gasteiger charge is -2.35. The molecule has 128 valence electrons. The van der Waals surface area contributed by atoms with Crippen molar-refractivity contribution in [1.82, 2.24) is 24.8 Å². The van der Waals surface area contributed by atoms with E-state index in [4.69, 9.17) is 0 Å². The molecule has 8 nitrogen and oxygen atoms in total. The molecule has 0 saturated carbocycles. The normalized spacial score (nSPS) is 19.0. The molecule has 8 heteroatoms. The first kappa shape index (κ1) is 15.5. The van der Waals surface area contributed by atoms with Crippen LogP contribution in [0.4, 0.5) is 0 Å². The minimum absolute atomic E-state index is 0.0674. The van der Waals surface area contributed by atoms with Crippen LogP contribution in [0.25, 0.3) is 0 Å². The number of carbonyl (C=O) groups is 2. The lowest BCUT2D eigenvalue weighted by Crippen LogP contribution is -2.50. The summed E-state index contributed by atoms with van der Waals surface area (Å²) in [6, 6.07) is 5.50. The van der Waals surface area contributed by atoms with E-state index in [9.17, 15) is 9.59 Å². The predicted octanol–water partition coefficient (Wildman–Crippen LogP) is 0.366. The number of hydrogen-bond donors (Lipinski definition) is 1. The number of aliphatic imine (C=N–C) groups is 1. The first-order chi connectivity index (χ1) is 12.1. The summed E-state index contributed by atoms with van der Waals surface area (Å²) in [6.07, 6.45) is 5.83. The Morgan fingerprint density at radius 3 is 2.72 bits per heavy atom. The van der Waals surface area contributed by atoms with Gasteiger partial charge < -0.3 is 14.8 Å². The molecule has 0 bridgehead atoms. The van der Waals surface area contributed by atoms with Crippen LogP contribution in [0.3, 0.4) is 0 Å². The van der Waals surface area contributed by atoms with Gasteiger partial charge in [-0.1, -0.05) is 6.07 Å². The fourth-order valence-corrected chi connectivity index (χ4v) is 3.28. The van der Waals surface area contributed by atoms with Gasteiger partial charge >= 0.3 is 0 Å². The molecule has 0 aliphatic carbocycles. The molecule has 1 fully saturated rings. The van der Waals surface area contributed by atoms with E-state index in [-0.39, 0.29) is 11.8 Å². The van der Waals surface area contributed by atoms with Crippen molar-refractivity contribution in [3.8, 4) is 0 Å². The monoisotopic (exact) mass is 338 g/mol. The molecule has 2 amide bonds. The molecule has 2 aromatic rings. The number of aryl methyl sites for hydroxylation is 1. The summed E-state index contributed by atoms with van der Waals surface area (Å²) < 4.78 is 1.70. The summed E-state index contributed by atoms with van der Waals surface area (Å²) in [5, 5.41) is 2.84. The van der Waals surface area contributed by atoms with Crippen LogP contribution in [0.5, 0.6) is 0 Å². The summed E-state index contributed by atoms with van der Waals surface area (Å²) >= 11 is 0. The Balaban J connectivity index is 1.51. The van der Waals surface area contributed by atoms with E-state index in [1.807, 2.05) is 18.2 Å². The Labute approximate surface area is 144 Å². The van der Waals surface area contributed by atoms with Crippen LogP contribution in [0.2, 0.25) is 0 Å². The average molecular weight is 338 g/mol. The minimum Gasteiger partial charge on any atom is -0.337 e. The lowest BCUT2D eigenvalue weighted by molar-refractivity contribution is -0.125. The Bertz CT molecular complexity index is 849. The van der Waals surface area contributed by atoms with Gasteiger partial charge in [0.1, 0.15) is 16.9 Å². The third kappa shape index (κ3) is 2.59. The maximum Gasteiger partial charge on any atom is 0.272 e. The Morgan fingerprint density at radius 1 is 1.28 bits per heavy atom. The third-order valence-electron chi connectivity index (χ3n) is 4.80. The maximum absolute atomic E-state index is 12.6. The minimum atomic E-state index is -0.796. The summed E-state index contributed by atoms with van der Waals surface area (Å²) in [6.45, 7) is 0.965. The third-order valence-corrected chi connectivity index (χ3v) is 4.80. The number of likely N-dealkylation sites (tertiary alicyclic amines) is 1. The number of nitrogens with zero attached hydrogens (tertiary/aromatic N) is 5. The van der Waals surface area contributed by atoms with Crippen molar-refractivity contribution in [3.63, 3.8) is 0 Å². The zero-order chi connectivity index (χ0) is 17.4. The second kappa shape index (κ2) is 5.80. The van der Waals surface area contributed by atoms with Crippen LogP contribution in [0.1, 0.15) is 29.0 Å². The molecule has 1 N–H and O–H groups in total. The summed E-state index contributed by atoms with van der Waals surface area (Å²) in [5.41, 5.74) is 0.404. The molecule has 0 aromatic carbocycles. The highest BCUT2D eigenvalue weighted by molar-refractivity contribution is 6.14. The topological polar surface area (TPSA) is 92.5 Å². The molecular weight excluding hydrogens is 320 g/mol. The molecule has 2 aliphatic rings. The Morgan fingerprint density at radius 2 is 2.08 bits per heavy atom. The quantitative estimate of drug-likeness (QED) is 0.856. The van der Waals surface area contributed by atoms with Crippen molar-refractivity contribution in [2.45, 2.75) is 18.4 Å². The number of amidine groups is 1. The van der Waals surface area contributed by atoms with E-state index in [2.05, 4.69) is 20.3 Å². The molecule has 1 spiro atoms. The van der Waals surface area contributed by atoms with Gasteiger partial charge in [0.25, 0.3) is 11.8 Å². The number of nitrogens with one attached hydrogen (secondary N) is 1. The molecule has 2 aromatic heterocycles. The Kier molecular flexibility index (Phi) is 3.60. The van der Waals surface area contributed by atoms with Gasteiger partial charge in [0.2, 0.25) is 0 Å². The van der Waals surface area contributed by atoms with Gasteiger partial charge in [-0.3, -0.25) is 14.6 Å². The van der Waals surface area contributed by atoms with Gasteiger partial charge in [-0.2, -0.15) is 0 Å². The van der Waals surface area contributed by atoms with Crippen LogP contribution in [-0.2, 0) is 11.8 Å². The van der Waals surface area contributed by atoms with Crippen molar-refractivity contribution >= 4 is 17.6 Å². The number of hydrogen-bond acceptors (Lipinski definition) is 5. The summed E-state index contributed by atoms with van der Waals surface area (Å²) in [5.74, 6) is 0.333. The fraction of sp³-hybridized carbons (Fsp3) is 0.353. The van der Waals surface area contributed by atoms with E-state index in [1.54, 1.807) is 35.2 Å². The molecule has 25 heavy (non-hydrogen) atoms. The molecule has 0 radical (unpaired) electrons. The SMILES string of the molecule is Cn1cncc1C(=O)N1CCC2(CC1)N=C(c1ccccn1)NC2=O. The van der Waals surface area contributed by atoms with E-state index in [1.165, 1.54) is 0 Å². The number of imidazole rings is 1. The maximum atomic E-state index is 12.6. The first-order valence-electron chi connectivity index (χ1n) is 8.17. The second-order valence-electron chi connectivity index (χ2n) is 6.34. The van der Waals surface area contributed by atoms with Gasteiger partial charge in [0.05, 0.1) is 12.5 Å². The molecule has 1 saturated heterocycles. The van der Waals surface area contributed by atoms with Crippen LogP contribution >= 0.6 is 0 Å². The van der Waals surface area contributed by atoms with Crippen molar-refractivity contribution in [2.75, 3.05) is 13.1 Å². The first-order valence-corrected chi connectivity index (χ1v) is 8.17. The number of aromatic nitrogens is 3. The van der Waals surface area contributed by atoms with Crippen molar-refractivity contribution < 1.29 is 9.59 Å². The van der Waals surface area contributed by atoms with Crippen LogP contribution in [-0.4, -0.2) is 55.7 Å². The number of rotatable bonds is 2. The lowest BCUT2D eigenvalue weighted by atomic mass is 9.88. The molecule has 4 heterocycles. The highest BCUT2D eigenvalue weighted by Crippen LogP contribution is 2.31. The molecule has 0 atom stereocenters. The number of pyridine rings is 1. The highest BCUT2D eigenvalue weighted by Gasteiger charge is 2.46. The Hall–Kier alpha value is -3.03. The smallest absolute Gasteiger partial charge is 0.272 e. The molecular formula is C17H18N6O2. The van der Waals surface area contributed by atoms with E-state index in [0.29, 0.717) is 43.2 Å². The number of piperidine rings is 1. The zero-order valence-electron chi connectivity index (χ0n) is 13.8. The second-order valence-corrected chi connectivity index (χ2v) is 6.34. The van der Waals surface area contributed by atoms with E-state index >= 15 is 0 Å². The predicted molar refractivity (Wildman–Crippen MR) is 90.0 cm³/mol. The number of carbonyl (C=O) groups excluding carboxylic acids is 2. The van der Waals surface area contributed by atoms with Crippen molar-refractivity contribution in [2.24, 2.45) is 12.0 Å².